The van der Waals surface area contributed by atoms with E-state index >= 15 is 0 Å². The van der Waals surface area contributed by atoms with Crippen LogP contribution in [-0.4, -0.2) is 10.4 Å². The molecule has 2 unspecified atom stereocenters. The molecule has 6 heteroatoms. The number of fused-ring (bicyclic) bond motifs is 9. The molecule has 270 valence electrons. The summed E-state index contributed by atoms with van der Waals surface area (Å²) in [6.45, 7) is 0. The summed E-state index contributed by atoms with van der Waals surface area (Å²) in [6, 6.07) is 65.0. The average Bonchev–Trinajstić information content (AvgIpc) is 3.95. The van der Waals surface area contributed by atoms with Gasteiger partial charge in [0.2, 0.25) is 0 Å². The minimum absolute atomic E-state index is 0.0948. The van der Waals surface area contributed by atoms with Crippen molar-refractivity contribution >= 4 is 81.1 Å². The highest BCUT2D eigenvalue weighted by Crippen LogP contribution is 2.41. The van der Waals surface area contributed by atoms with Gasteiger partial charge in [-0.25, -0.2) is 4.99 Å². The first-order chi connectivity index (χ1) is 28.2. The standard InChI is InChI=1S/C51H34N4OS/c1-3-12-31(13-4-1)49-52-50(32-14-5-2-6-15-32)54-51(53-49)39-18-11-21-46-48(39)38-25-22-34(29-47(38)57-46)33-23-26-44-40(28-33)41-30-35(24-27-45(41)56-44)55-42-19-9-7-16-36(42)37-17-8-10-20-43(37)55/h1-30,49-50,52H,(H,53,54). The molecule has 11 aromatic rings. The molecule has 0 bridgehead atoms. The first-order valence-corrected chi connectivity index (χ1v) is 20.2. The summed E-state index contributed by atoms with van der Waals surface area (Å²) in [5.74, 6) is 0.892. The molecule has 0 saturated heterocycles. The van der Waals surface area contributed by atoms with E-state index in [4.69, 9.17) is 9.41 Å². The van der Waals surface area contributed by atoms with Gasteiger partial charge in [0.25, 0.3) is 0 Å². The zero-order valence-electron chi connectivity index (χ0n) is 30.7. The predicted octanol–water partition coefficient (Wildman–Crippen LogP) is 13.1. The van der Waals surface area contributed by atoms with Crippen molar-refractivity contribution in [1.29, 1.82) is 0 Å². The van der Waals surface area contributed by atoms with Crippen molar-refractivity contribution in [3.8, 4) is 16.8 Å². The van der Waals surface area contributed by atoms with Gasteiger partial charge in [0.15, 0.2) is 0 Å². The minimum Gasteiger partial charge on any atom is -0.456 e. The fourth-order valence-electron chi connectivity index (χ4n) is 8.81. The van der Waals surface area contributed by atoms with Crippen LogP contribution in [0.15, 0.2) is 191 Å². The monoisotopic (exact) mass is 750 g/mol. The molecule has 0 saturated carbocycles. The molecule has 2 atom stereocenters. The normalized spacial score (nSPS) is 15.9. The van der Waals surface area contributed by atoms with Crippen molar-refractivity contribution in [2.45, 2.75) is 12.3 Å². The molecule has 0 fully saturated rings. The van der Waals surface area contributed by atoms with Crippen LogP contribution in [0.4, 0.5) is 0 Å². The molecule has 3 aromatic heterocycles. The Morgan fingerprint density at radius 3 is 1.93 bits per heavy atom. The summed E-state index contributed by atoms with van der Waals surface area (Å²) in [4.78, 5) is 5.29. The summed E-state index contributed by atoms with van der Waals surface area (Å²) in [6.07, 6.45) is -0.283. The molecule has 2 N–H and O–H groups in total. The highest BCUT2D eigenvalue weighted by Gasteiger charge is 2.27. The van der Waals surface area contributed by atoms with Crippen LogP contribution < -0.4 is 10.6 Å². The Labute approximate surface area is 332 Å². The zero-order chi connectivity index (χ0) is 37.5. The number of hydrogen-bond donors (Lipinski definition) is 2. The van der Waals surface area contributed by atoms with Gasteiger partial charge in [0.1, 0.15) is 29.3 Å². The molecule has 0 amide bonds. The van der Waals surface area contributed by atoms with Crippen molar-refractivity contribution in [3.63, 3.8) is 0 Å². The third-order valence-corrected chi connectivity index (χ3v) is 12.6. The molecule has 0 radical (unpaired) electrons. The molecular weight excluding hydrogens is 717 g/mol. The molecule has 5 nitrogen and oxygen atoms in total. The minimum atomic E-state index is -0.189. The van der Waals surface area contributed by atoms with E-state index in [1.54, 1.807) is 0 Å². The molecule has 12 rings (SSSR count). The van der Waals surface area contributed by atoms with E-state index in [-0.39, 0.29) is 12.3 Å². The van der Waals surface area contributed by atoms with E-state index in [2.05, 4.69) is 197 Å². The number of hydrogen-bond acceptors (Lipinski definition) is 5. The molecule has 1 aliphatic rings. The SMILES string of the molecule is c1ccc(C2N=C(c3cccc4sc5cc(-c6ccc7oc8ccc(-n9c%10ccccc%10c%10ccccc%109)cc8c7c6)ccc5c34)NC(c3ccccc3)N2)cc1. The maximum Gasteiger partial charge on any atom is 0.135 e. The fourth-order valence-corrected chi connectivity index (χ4v) is 9.98. The number of thiophene rings is 1. The van der Waals surface area contributed by atoms with Crippen molar-refractivity contribution < 1.29 is 4.42 Å². The molecular formula is C51H34N4OS. The second-order valence-corrected chi connectivity index (χ2v) is 15.9. The van der Waals surface area contributed by atoms with Gasteiger partial charge in [-0.15, -0.1) is 11.3 Å². The third-order valence-electron chi connectivity index (χ3n) is 11.5. The van der Waals surface area contributed by atoms with Crippen LogP contribution >= 0.6 is 11.3 Å². The fraction of sp³-hybridized carbons (Fsp3) is 0.0392. The lowest BCUT2D eigenvalue weighted by Gasteiger charge is -2.32. The van der Waals surface area contributed by atoms with E-state index in [0.29, 0.717) is 0 Å². The summed E-state index contributed by atoms with van der Waals surface area (Å²) in [5.41, 5.74) is 11.0. The molecule has 57 heavy (non-hydrogen) atoms. The smallest absolute Gasteiger partial charge is 0.135 e. The highest BCUT2D eigenvalue weighted by atomic mass is 32.1. The highest BCUT2D eigenvalue weighted by molar-refractivity contribution is 7.26. The van der Waals surface area contributed by atoms with Crippen LogP contribution in [0.2, 0.25) is 0 Å². The van der Waals surface area contributed by atoms with Crippen LogP contribution in [0.3, 0.4) is 0 Å². The lowest BCUT2D eigenvalue weighted by atomic mass is 9.99. The van der Waals surface area contributed by atoms with Gasteiger partial charge in [-0.05, 0) is 76.9 Å². The Morgan fingerprint density at radius 1 is 0.509 bits per heavy atom. The van der Waals surface area contributed by atoms with Crippen molar-refractivity contribution in [1.82, 2.24) is 15.2 Å². The summed E-state index contributed by atoms with van der Waals surface area (Å²) in [7, 11) is 0. The summed E-state index contributed by atoms with van der Waals surface area (Å²) in [5, 5.41) is 14.7. The van der Waals surface area contributed by atoms with Crippen LogP contribution in [0.25, 0.3) is 80.7 Å². The van der Waals surface area contributed by atoms with Crippen LogP contribution in [0, 0.1) is 0 Å². The topological polar surface area (TPSA) is 54.5 Å². The first-order valence-electron chi connectivity index (χ1n) is 19.3. The van der Waals surface area contributed by atoms with Crippen LogP contribution in [-0.2, 0) is 0 Å². The quantitative estimate of drug-likeness (QED) is 0.184. The van der Waals surface area contributed by atoms with Crippen LogP contribution in [0.1, 0.15) is 29.0 Å². The Balaban J connectivity index is 0.956. The second kappa shape index (κ2) is 12.8. The van der Waals surface area contributed by atoms with Crippen molar-refractivity contribution in [2.24, 2.45) is 4.99 Å². The Hall–Kier alpha value is -6.99. The number of para-hydroxylation sites is 2. The lowest BCUT2D eigenvalue weighted by Crippen LogP contribution is -2.45. The number of benzene rings is 8. The molecule has 0 aliphatic carbocycles. The van der Waals surface area contributed by atoms with Gasteiger partial charge in [-0.2, -0.15) is 0 Å². The predicted molar refractivity (Wildman–Crippen MR) is 238 cm³/mol. The van der Waals surface area contributed by atoms with Gasteiger partial charge in [-0.1, -0.05) is 127 Å². The Kier molecular flexibility index (Phi) is 7.24. The van der Waals surface area contributed by atoms with Crippen molar-refractivity contribution in [2.75, 3.05) is 0 Å². The number of nitrogens with zero attached hydrogens (tertiary/aromatic N) is 2. The maximum absolute atomic E-state index is 6.41. The Morgan fingerprint density at radius 2 is 1.16 bits per heavy atom. The molecule has 0 spiro atoms. The second-order valence-electron chi connectivity index (χ2n) is 14.8. The van der Waals surface area contributed by atoms with Gasteiger partial charge < -0.3 is 14.3 Å². The zero-order valence-corrected chi connectivity index (χ0v) is 31.5. The van der Waals surface area contributed by atoms with E-state index in [9.17, 15) is 0 Å². The number of amidine groups is 1. The average molecular weight is 751 g/mol. The lowest BCUT2D eigenvalue weighted by molar-refractivity contribution is 0.409. The van der Waals surface area contributed by atoms with Gasteiger partial charge >= 0.3 is 0 Å². The number of furan rings is 1. The van der Waals surface area contributed by atoms with Gasteiger partial charge in [-0.3, -0.25) is 5.32 Å². The largest absolute Gasteiger partial charge is 0.456 e. The number of nitrogens with one attached hydrogen (secondary N) is 2. The first kappa shape index (κ1) is 32.3. The Bertz CT molecular complexity index is 3320. The van der Waals surface area contributed by atoms with Crippen molar-refractivity contribution in [3.05, 3.63) is 199 Å². The van der Waals surface area contributed by atoms with E-state index in [1.165, 1.54) is 53.1 Å². The number of rotatable bonds is 5. The van der Waals surface area contributed by atoms with Gasteiger partial charge in [0.05, 0.1) is 11.0 Å². The van der Waals surface area contributed by atoms with E-state index < -0.39 is 0 Å². The van der Waals surface area contributed by atoms with Gasteiger partial charge in [0, 0.05) is 53.0 Å². The summed E-state index contributed by atoms with van der Waals surface area (Å²) < 4.78 is 11.3. The molecule has 4 heterocycles. The maximum atomic E-state index is 6.41. The van der Waals surface area contributed by atoms with E-state index in [0.717, 1.165) is 50.2 Å². The molecule has 8 aromatic carbocycles. The number of aliphatic imine (C=N–C) groups is 1. The van der Waals surface area contributed by atoms with Crippen LogP contribution in [0.5, 0.6) is 0 Å². The third kappa shape index (κ3) is 5.22. The summed E-state index contributed by atoms with van der Waals surface area (Å²) >= 11 is 1.83. The van der Waals surface area contributed by atoms with E-state index in [1.807, 2.05) is 11.3 Å². The molecule has 1 aliphatic heterocycles. The number of aromatic nitrogens is 1.